The molecule has 1 fully saturated rings. The molecule has 0 aliphatic carbocycles. The first-order chi connectivity index (χ1) is 8.74. The summed E-state index contributed by atoms with van der Waals surface area (Å²) in [6, 6.07) is 4.26. The van der Waals surface area contributed by atoms with Crippen LogP contribution in [0, 0.1) is 5.92 Å². The van der Waals surface area contributed by atoms with Gasteiger partial charge in [-0.2, -0.15) is 0 Å². The fourth-order valence-electron chi connectivity index (χ4n) is 2.64. The van der Waals surface area contributed by atoms with Crippen LogP contribution in [0.15, 0.2) is 24.5 Å². The molecular weight excluding hydrogens is 226 g/mol. The summed E-state index contributed by atoms with van der Waals surface area (Å²) in [6.07, 6.45) is 5.74. The van der Waals surface area contributed by atoms with Gasteiger partial charge in [-0.3, -0.25) is 9.78 Å². The summed E-state index contributed by atoms with van der Waals surface area (Å²) in [5, 5.41) is 3.07. The second kappa shape index (κ2) is 5.96. The van der Waals surface area contributed by atoms with Gasteiger partial charge in [-0.1, -0.05) is 6.92 Å². The molecule has 0 radical (unpaired) electrons. The molecule has 1 aromatic rings. The number of carbonyl (C=O) groups is 1. The Balaban J connectivity index is 2.10. The average molecular weight is 247 g/mol. The molecule has 1 N–H and O–H groups in total. The van der Waals surface area contributed by atoms with E-state index in [1.165, 1.54) is 5.56 Å². The Bertz CT molecular complexity index is 393. The van der Waals surface area contributed by atoms with Crippen molar-refractivity contribution >= 4 is 5.91 Å². The Morgan fingerprint density at radius 1 is 1.56 bits per heavy atom. The molecule has 1 amide bonds. The Morgan fingerprint density at radius 3 is 2.94 bits per heavy atom. The molecule has 2 heterocycles. The lowest BCUT2D eigenvalue weighted by atomic mass is 10.0. The van der Waals surface area contributed by atoms with Crippen LogP contribution in [-0.2, 0) is 4.79 Å². The summed E-state index contributed by atoms with van der Waals surface area (Å²) in [6.45, 7) is 3.60. The lowest BCUT2D eigenvalue weighted by molar-refractivity contribution is -0.135. The Hall–Kier alpha value is -1.42. The highest BCUT2D eigenvalue weighted by molar-refractivity contribution is 5.79. The SMILES string of the molecule is CNCC(C)C(=O)N1CCCC1c1ccncc1. The molecular formula is C14H21N3O. The highest BCUT2D eigenvalue weighted by Gasteiger charge is 2.31. The lowest BCUT2D eigenvalue weighted by Crippen LogP contribution is -2.38. The van der Waals surface area contributed by atoms with E-state index in [1.807, 2.05) is 31.0 Å². The number of hydrogen-bond acceptors (Lipinski definition) is 3. The van der Waals surface area contributed by atoms with E-state index in [-0.39, 0.29) is 17.9 Å². The van der Waals surface area contributed by atoms with Crippen LogP contribution < -0.4 is 5.32 Å². The molecule has 1 aliphatic rings. The first-order valence-electron chi connectivity index (χ1n) is 6.59. The third-order valence-electron chi connectivity index (χ3n) is 3.56. The van der Waals surface area contributed by atoms with Gasteiger partial charge in [0.2, 0.25) is 5.91 Å². The van der Waals surface area contributed by atoms with Crippen LogP contribution in [0.4, 0.5) is 0 Å². The van der Waals surface area contributed by atoms with Crippen molar-refractivity contribution in [3.8, 4) is 0 Å². The summed E-state index contributed by atoms with van der Waals surface area (Å²) in [5.41, 5.74) is 1.20. The first-order valence-corrected chi connectivity index (χ1v) is 6.59. The van der Waals surface area contributed by atoms with Crippen molar-refractivity contribution in [1.82, 2.24) is 15.2 Å². The summed E-state index contributed by atoms with van der Waals surface area (Å²) in [5.74, 6) is 0.293. The van der Waals surface area contributed by atoms with Crippen LogP contribution in [0.5, 0.6) is 0 Å². The van der Waals surface area contributed by atoms with Crippen LogP contribution >= 0.6 is 0 Å². The van der Waals surface area contributed by atoms with Crippen LogP contribution in [0.2, 0.25) is 0 Å². The van der Waals surface area contributed by atoms with Crippen LogP contribution in [0.1, 0.15) is 31.4 Å². The van der Waals surface area contributed by atoms with Gasteiger partial charge < -0.3 is 10.2 Å². The second-order valence-corrected chi connectivity index (χ2v) is 4.93. The van der Waals surface area contributed by atoms with E-state index in [0.29, 0.717) is 0 Å². The maximum Gasteiger partial charge on any atom is 0.227 e. The summed E-state index contributed by atoms with van der Waals surface area (Å²) in [4.78, 5) is 18.5. The van der Waals surface area contributed by atoms with Gasteiger partial charge in [-0.15, -0.1) is 0 Å². The van der Waals surface area contributed by atoms with E-state index >= 15 is 0 Å². The standard InChI is InChI=1S/C14H21N3O/c1-11(10-15-2)14(18)17-9-3-4-13(17)12-5-7-16-8-6-12/h5-8,11,13,15H,3-4,9-10H2,1-2H3. The molecule has 0 saturated carbocycles. The monoisotopic (exact) mass is 247 g/mol. The molecule has 2 rings (SSSR count). The van der Waals surface area contributed by atoms with Crippen LogP contribution in [0.3, 0.4) is 0 Å². The van der Waals surface area contributed by atoms with Crippen molar-refractivity contribution in [2.45, 2.75) is 25.8 Å². The molecule has 1 aromatic heterocycles. The fraction of sp³-hybridized carbons (Fsp3) is 0.571. The van der Waals surface area contributed by atoms with Gasteiger partial charge in [-0.05, 0) is 37.6 Å². The molecule has 0 bridgehead atoms. The van der Waals surface area contributed by atoms with Gasteiger partial charge in [0.25, 0.3) is 0 Å². The number of pyridine rings is 1. The number of nitrogens with zero attached hydrogens (tertiary/aromatic N) is 2. The maximum absolute atomic E-state index is 12.4. The van der Waals surface area contributed by atoms with Crippen molar-refractivity contribution in [3.63, 3.8) is 0 Å². The van der Waals surface area contributed by atoms with Gasteiger partial charge in [0, 0.05) is 31.4 Å². The van der Waals surface area contributed by atoms with E-state index in [1.54, 1.807) is 12.4 Å². The summed E-state index contributed by atoms with van der Waals surface area (Å²) in [7, 11) is 1.88. The van der Waals surface area contributed by atoms with Gasteiger partial charge in [-0.25, -0.2) is 0 Å². The molecule has 98 valence electrons. The summed E-state index contributed by atoms with van der Waals surface area (Å²) < 4.78 is 0. The fourth-order valence-corrected chi connectivity index (χ4v) is 2.64. The second-order valence-electron chi connectivity index (χ2n) is 4.93. The number of hydrogen-bond donors (Lipinski definition) is 1. The van der Waals surface area contributed by atoms with Crippen molar-refractivity contribution in [1.29, 1.82) is 0 Å². The van der Waals surface area contributed by atoms with Crippen molar-refractivity contribution in [2.24, 2.45) is 5.92 Å². The zero-order valence-corrected chi connectivity index (χ0v) is 11.1. The van der Waals surface area contributed by atoms with Gasteiger partial charge >= 0.3 is 0 Å². The molecule has 0 aromatic carbocycles. The van der Waals surface area contributed by atoms with Crippen LogP contribution in [0.25, 0.3) is 0 Å². The Morgan fingerprint density at radius 2 is 2.28 bits per heavy atom. The highest BCUT2D eigenvalue weighted by Crippen LogP contribution is 2.32. The largest absolute Gasteiger partial charge is 0.335 e. The molecule has 2 unspecified atom stereocenters. The minimum Gasteiger partial charge on any atom is -0.335 e. The third kappa shape index (κ3) is 2.70. The van der Waals surface area contributed by atoms with E-state index in [4.69, 9.17) is 0 Å². The zero-order chi connectivity index (χ0) is 13.0. The molecule has 4 heteroatoms. The number of rotatable bonds is 4. The van der Waals surface area contributed by atoms with Gasteiger partial charge in [0.1, 0.15) is 0 Å². The van der Waals surface area contributed by atoms with E-state index in [2.05, 4.69) is 10.3 Å². The number of nitrogens with one attached hydrogen (secondary N) is 1. The average Bonchev–Trinajstić information content (AvgIpc) is 2.88. The van der Waals surface area contributed by atoms with E-state index < -0.39 is 0 Å². The smallest absolute Gasteiger partial charge is 0.227 e. The topological polar surface area (TPSA) is 45.2 Å². The predicted octanol–water partition coefficient (Wildman–Crippen LogP) is 1.60. The quantitative estimate of drug-likeness (QED) is 0.879. The van der Waals surface area contributed by atoms with E-state index in [0.717, 1.165) is 25.9 Å². The molecule has 1 aliphatic heterocycles. The van der Waals surface area contributed by atoms with Crippen molar-refractivity contribution < 1.29 is 4.79 Å². The minimum atomic E-state index is 0.0393. The van der Waals surface area contributed by atoms with E-state index in [9.17, 15) is 4.79 Å². The molecule has 18 heavy (non-hydrogen) atoms. The first kappa shape index (κ1) is 13.0. The number of carbonyl (C=O) groups excluding carboxylic acids is 1. The molecule has 2 atom stereocenters. The normalized spacial score (nSPS) is 21.0. The highest BCUT2D eigenvalue weighted by atomic mass is 16.2. The number of likely N-dealkylation sites (tertiary alicyclic amines) is 1. The Kier molecular flexibility index (Phi) is 4.31. The minimum absolute atomic E-state index is 0.0393. The number of amides is 1. The third-order valence-corrected chi connectivity index (χ3v) is 3.56. The van der Waals surface area contributed by atoms with Gasteiger partial charge in [0.15, 0.2) is 0 Å². The Labute approximate surface area is 108 Å². The summed E-state index contributed by atoms with van der Waals surface area (Å²) >= 11 is 0. The zero-order valence-electron chi connectivity index (χ0n) is 11.1. The molecule has 0 spiro atoms. The molecule has 4 nitrogen and oxygen atoms in total. The molecule has 1 saturated heterocycles. The van der Waals surface area contributed by atoms with Crippen LogP contribution in [-0.4, -0.2) is 35.9 Å². The lowest BCUT2D eigenvalue weighted by Gasteiger charge is -2.27. The maximum atomic E-state index is 12.4. The van der Waals surface area contributed by atoms with Crippen molar-refractivity contribution in [2.75, 3.05) is 20.1 Å². The number of aromatic nitrogens is 1. The van der Waals surface area contributed by atoms with Gasteiger partial charge in [0.05, 0.1) is 6.04 Å². The van der Waals surface area contributed by atoms with Crippen molar-refractivity contribution in [3.05, 3.63) is 30.1 Å². The predicted molar refractivity (Wildman–Crippen MR) is 71.0 cm³/mol.